The summed E-state index contributed by atoms with van der Waals surface area (Å²) in [6, 6.07) is 3.53. The van der Waals surface area contributed by atoms with Crippen LogP contribution in [0.4, 0.5) is 14.5 Å². The van der Waals surface area contributed by atoms with Gasteiger partial charge in [-0.3, -0.25) is 9.93 Å². The van der Waals surface area contributed by atoms with Gasteiger partial charge in [0, 0.05) is 30.6 Å². The van der Waals surface area contributed by atoms with Crippen molar-refractivity contribution in [3.63, 3.8) is 0 Å². The number of rotatable bonds is 4. The van der Waals surface area contributed by atoms with Gasteiger partial charge in [-0.15, -0.1) is 0 Å². The minimum absolute atomic E-state index is 0.0124. The van der Waals surface area contributed by atoms with Gasteiger partial charge in [-0.25, -0.2) is 13.8 Å². The van der Waals surface area contributed by atoms with Crippen LogP contribution in [0.1, 0.15) is 64.2 Å². The van der Waals surface area contributed by atoms with E-state index in [0.717, 1.165) is 44.1 Å². The summed E-state index contributed by atoms with van der Waals surface area (Å²) in [6.45, 7) is 0. The average Bonchev–Trinajstić information content (AvgIpc) is 2.62. The zero-order valence-electron chi connectivity index (χ0n) is 15.6. The summed E-state index contributed by atoms with van der Waals surface area (Å²) in [7, 11) is 0. The van der Waals surface area contributed by atoms with Crippen LogP contribution in [0.2, 0.25) is 0 Å². The van der Waals surface area contributed by atoms with Crippen LogP contribution in [0.25, 0.3) is 0 Å². The van der Waals surface area contributed by atoms with Crippen LogP contribution in [-0.2, 0) is 4.79 Å². The molecule has 0 aromatic carbocycles. The Morgan fingerprint density at radius 3 is 2.56 bits per heavy atom. The molecule has 2 saturated carbocycles. The zero-order valence-corrected chi connectivity index (χ0v) is 16.4. The van der Waals surface area contributed by atoms with Crippen molar-refractivity contribution in [3.05, 3.63) is 18.3 Å². The smallest absolute Gasteiger partial charge is 0.248 e. The molecule has 3 N–H and O–H groups in total. The molecule has 0 saturated heterocycles. The van der Waals surface area contributed by atoms with E-state index in [1.54, 1.807) is 18.3 Å². The van der Waals surface area contributed by atoms with E-state index in [4.69, 9.17) is 5.14 Å². The molecule has 1 amide bonds. The van der Waals surface area contributed by atoms with E-state index in [1.807, 2.05) is 0 Å². The number of anilines is 1. The third-order valence-electron chi connectivity index (χ3n) is 6.15. The molecule has 27 heavy (non-hydrogen) atoms. The molecule has 0 spiro atoms. The van der Waals surface area contributed by atoms with Crippen molar-refractivity contribution in [2.24, 2.45) is 22.9 Å². The van der Waals surface area contributed by atoms with Gasteiger partial charge in [-0.1, -0.05) is 25.7 Å². The number of pyridine rings is 1. The predicted molar refractivity (Wildman–Crippen MR) is 104 cm³/mol. The topological polar surface area (TPSA) is 68.0 Å². The number of carbonyl (C=O) groups is 1. The van der Waals surface area contributed by atoms with Gasteiger partial charge in [0.15, 0.2) is 0 Å². The standard InChI is InChI=1S/C20H29F2N3OS/c21-20(22)10-7-14(8-11-20)16-5-3-1-2-4-6-17(16)19(26)25-15-9-12-24-18(13-15)27-23/h9,12-14,16-17H,1-8,10-11,23H2,(H,24,25,26)/t16?,17-/m1/s1. The Labute approximate surface area is 164 Å². The van der Waals surface area contributed by atoms with Gasteiger partial charge in [0.25, 0.3) is 0 Å². The van der Waals surface area contributed by atoms with Crippen molar-refractivity contribution < 1.29 is 13.6 Å². The third kappa shape index (κ3) is 5.64. The second kappa shape index (κ2) is 9.32. The molecular weight excluding hydrogens is 368 g/mol. The number of aromatic nitrogens is 1. The van der Waals surface area contributed by atoms with E-state index in [2.05, 4.69) is 10.3 Å². The SMILES string of the molecule is NSc1cc(NC(=O)[C@@H]2CCCCCCC2C2CCC(F)(F)CC2)ccn1. The van der Waals surface area contributed by atoms with Crippen LogP contribution >= 0.6 is 11.9 Å². The minimum Gasteiger partial charge on any atom is -0.326 e. The van der Waals surface area contributed by atoms with Crippen LogP contribution in [-0.4, -0.2) is 16.8 Å². The molecule has 1 heterocycles. The first kappa shape index (κ1) is 20.5. The first-order valence-corrected chi connectivity index (χ1v) is 10.9. The van der Waals surface area contributed by atoms with E-state index in [-0.39, 0.29) is 36.5 Å². The highest BCUT2D eigenvalue weighted by molar-refractivity contribution is 7.97. The molecule has 0 aliphatic heterocycles. The Bertz CT molecular complexity index is 633. The molecular formula is C20H29F2N3OS. The fourth-order valence-electron chi connectivity index (χ4n) is 4.68. The van der Waals surface area contributed by atoms with Crippen LogP contribution in [0.5, 0.6) is 0 Å². The van der Waals surface area contributed by atoms with Gasteiger partial charge in [-0.2, -0.15) is 0 Å². The molecule has 1 unspecified atom stereocenters. The van der Waals surface area contributed by atoms with Gasteiger partial charge >= 0.3 is 0 Å². The number of nitrogens with two attached hydrogens (primary N) is 1. The lowest BCUT2D eigenvalue weighted by molar-refractivity contribution is -0.124. The molecule has 4 nitrogen and oxygen atoms in total. The lowest BCUT2D eigenvalue weighted by Gasteiger charge is -2.38. The van der Waals surface area contributed by atoms with Gasteiger partial charge in [0.2, 0.25) is 11.8 Å². The maximum atomic E-state index is 13.6. The maximum Gasteiger partial charge on any atom is 0.248 e. The first-order valence-electron chi connectivity index (χ1n) is 10.00. The summed E-state index contributed by atoms with van der Waals surface area (Å²) in [5.74, 6) is -2.19. The van der Waals surface area contributed by atoms with Gasteiger partial charge in [-0.05, 0) is 61.6 Å². The highest BCUT2D eigenvalue weighted by Gasteiger charge is 2.41. The number of alkyl halides is 2. The van der Waals surface area contributed by atoms with E-state index < -0.39 is 5.92 Å². The molecule has 2 aliphatic carbocycles. The Morgan fingerprint density at radius 1 is 1.15 bits per heavy atom. The normalized spacial score (nSPS) is 26.8. The molecule has 1 aromatic rings. The van der Waals surface area contributed by atoms with E-state index >= 15 is 0 Å². The number of amides is 1. The maximum absolute atomic E-state index is 13.6. The monoisotopic (exact) mass is 397 g/mol. The number of hydrogen-bond donors (Lipinski definition) is 2. The summed E-state index contributed by atoms with van der Waals surface area (Å²) in [4.78, 5) is 17.2. The number of nitrogens with zero attached hydrogens (tertiary/aromatic N) is 1. The largest absolute Gasteiger partial charge is 0.326 e. The summed E-state index contributed by atoms with van der Waals surface area (Å²) in [5.41, 5.74) is 0.693. The van der Waals surface area contributed by atoms with Gasteiger partial charge < -0.3 is 5.32 Å². The van der Waals surface area contributed by atoms with Crippen LogP contribution in [0.3, 0.4) is 0 Å². The zero-order chi connectivity index (χ0) is 19.3. The molecule has 0 bridgehead atoms. The highest BCUT2D eigenvalue weighted by atomic mass is 32.2. The Kier molecular flexibility index (Phi) is 7.09. The van der Waals surface area contributed by atoms with Crippen LogP contribution in [0.15, 0.2) is 23.4 Å². The van der Waals surface area contributed by atoms with E-state index in [9.17, 15) is 13.6 Å². The second-order valence-electron chi connectivity index (χ2n) is 7.95. The molecule has 2 aliphatic rings. The molecule has 7 heteroatoms. The van der Waals surface area contributed by atoms with Crippen molar-refractivity contribution in [2.45, 2.75) is 75.2 Å². The molecule has 0 radical (unpaired) electrons. The fourth-order valence-corrected chi connectivity index (χ4v) is 5.00. The summed E-state index contributed by atoms with van der Waals surface area (Å²) >= 11 is 1.04. The molecule has 2 atom stereocenters. The Balaban J connectivity index is 1.72. The van der Waals surface area contributed by atoms with Crippen LogP contribution < -0.4 is 10.5 Å². The fraction of sp³-hybridized carbons (Fsp3) is 0.700. The van der Waals surface area contributed by atoms with Crippen molar-refractivity contribution in [3.8, 4) is 0 Å². The number of carbonyl (C=O) groups excluding carboxylic acids is 1. The minimum atomic E-state index is -2.52. The van der Waals surface area contributed by atoms with Crippen molar-refractivity contribution in [1.82, 2.24) is 4.98 Å². The summed E-state index contributed by atoms with van der Waals surface area (Å²) in [6.07, 6.45) is 8.86. The molecule has 150 valence electrons. The lowest BCUT2D eigenvalue weighted by atomic mass is 9.68. The quantitative estimate of drug-likeness (QED) is 0.668. The Morgan fingerprint density at radius 2 is 1.85 bits per heavy atom. The molecule has 2 fully saturated rings. The average molecular weight is 398 g/mol. The van der Waals surface area contributed by atoms with Gasteiger partial charge in [0.05, 0.1) is 0 Å². The summed E-state index contributed by atoms with van der Waals surface area (Å²) < 4.78 is 27.2. The van der Waals surface area contributed by atoms with Crippen LogP contribution in [0, 0.1) is 17.8 Å². The second-order valence-corrected chi connectivity index (χ2v) is 8.60. The van der Waals surface area contributed by atoms with Crippen molar-refractivity contribution in [2.75, 3.05) is 5.32 Å². The first-order chi connectivity index (χ1) is 13.0. The van der Waals surface area contributed by atoms with E-state index in [1.165, 1.54) is 6.42 Å². The van der Waals surface area contributed by atoms with Gasteiger partial charge in [0.1, 0.15) is 5.03 Å². The molecule has 1 aromatic heterocycles. The third-order valence-corrected chi connectivity index (χ3v) is 6.61. The van der Waals surface area contributed by atoms with Crippen molar-refractivity contribution >= 4 is 23.5 Å². The highest BCUT2D eigenvalue weighted by Crippen LogP contribution is 2.44. The summed E-state index contributed by atoms with van der Waals surface area (Å²) in [5, 5.41) is 9.23. The van der Waals surface area contributed by atoms with Crippen molar-refractivity contribution in [1.29, 1.82) is 0 Å². The lowest BCUT2D eigenvalue weighted by Crippen LogP contribution is -2.37. The molecule has 3 rings (SSSR count). The number of hydrogen-bond acceptors (Lipinski definition) is 4. The Hall–Kier alpha value is -1.21. The number of nitrogens with one attached hydrogen (secondary N) is 1. The van der Waals surface area contributed by atoms with E-state index in [0.29, 0.717) is 23.6 Å². The number of halogens is 2. The predicted octanol–water partition coefficient (Wildman–Crippen LogP) is 5.40.